The molecule has 0 aliphatic heterocycles. The van der Waals surface area contributed by atoms with Crippen LogP contribution in [-0.2, 0) is 11.3 Å². The Kier molecular flexibility index (Phi) is 5.43. The van der Waals surface area contributed by atoms with Gasteiger partial charge in [0.05, 0.1) is 0 Å². The minimum absolute atomic E-state index is 0.106. The summed E-state index contributed by atoms with van der Waals surface area (Å²) in [7, 11) is 0. The lowest BCUT2D eigenvalue weighted by atomic mass is 9.87. The highest BCUT2D eigenvalue weighted by molar-refractivity contribution is 5.86. The third kappa shape index (κ3) is 4.21. The van der Waals surface area contributed by atoms with Gasteiger partial charge in [0.25, 0.3) is 0 Å². The average Bonchev–Trinajstić information content (AvgIpc) is 3.17. The SMILES string of the molecule is Cc1ccc(F)c([C@H](CC(=O)NCc2ccccc2)c2c[nH]c3ccccc23)c1. The summed E-state index contributed by atoms with van der Waals surface area (Å²) in [4.78, 5) is 16.0. The van der Waals surface area contributed by atoms with E-state index in [1.807, 2.05) is 73.8 Å². The van der Waals surface area contributed by atoms with E-state index in [9.17, 15) is 9.18 Å². The Bertz CT molecular complexity index is 1130. The van der Waals surface area contributed by atoms with Crippen LogP contribution in [0.15, 0.2) is 79.0 Å². The van der Waals surface area contributed by atoms with Gasteiger partial charge in [-0.2, -0.15) is 0 Å². The highest BCUT2D eigenvalue weighted by atomic mass is 19.1. The minimum Gasteiger partial charge on any atom is -0.361 e. The van der Waals surface area contributed by atoms with Crippen molar-refractivity contribution in [1.29, 1.82) is 0 Å². The van der Waals surface area contributed by atoms with Gasteiger partial charge in [0.15, 0.2) is 0 Å². The number of hydrogen-bond donors (Lipinski definition) is 2. The Morgan fingerprint density at radius 2 is 1.76 bits per heavy atom. The monoisotopic (exact) mass is 386 g/mol. The Balaban J connectivity index is 1.65. The molecule has 3 aromatic carbocycles. The zero-order chi connectivity index (χ0) is 20.2. The topological polar surface area (TPSA) is 44.9 Å². The van der Waals surface area contributed by atoms with Crippen LogP contribution in [0.2, 0.25) is 0 Å². The Labute approximate surface area is 169 Å². The van der Waals surface area contributed by atoms with Gasteiger partial charge in [-0.1, -0.05) is 66.2 Å². The van der Waals surface area contributed by atoms with Crippen LogP contribution in [0.25, 0.3) is 10.9 Å². The summed E-state index contributed by atoms with van der Waals surface area (Å²) in [5.74, 6) is -0.770. The van der Waals surface area contributed by atoms with Gasteiger partial charge in [0.1, 0.15) is 5.82 Å². The standard InChI is InChI=1S/C25H23FN2O/c1-17-11-12-23(26)21(13-17)20(22-16-27-24-10-6-5-9-19(22)24)14-25(29)28-15-18-7-3-2-4-8-18/h2-13,16,20,27H,14-15H2,1H3,(H,28,29)/t20-/m0/s1. The van der Waals surface area contributed by atoms with Crippen molar-refractivity contribution in [3.63, 3.8) is 0 Å². The summed E-state index contributed by atoms with van der Waals surface area (Å²) in [6.07, 6.45) is 2.07. The molecule has 1 heterocycles. The molecular weight excluding hydrogens is 363 g/mol. The largest absolute Gasteiger partial charge is 0.361 e. The summed E-state index contributed by atoms with van der Waals surface area (Å²) >= 11 is 0. The van der Waals surface area contributed by atoms with Crippen molar-refractivity contribution >= 4 is 16.8 Å². The van der Waals surface area contributed by atoms with Gasteiger partial charge in [-0.25, -0.2) is 4.39 Å². The van der Waals surface area contributed by atoms with Crippen molar-refractivity contribution in [2.75, 3.05) is 0 Å². The first kappa shape index (κ1) is 18.9. The number of amides is 1. The molecule has 0 fully saturated rings. The second-order valence-electron chi connectivity index (χ2n) is 7.33. The summed E-state index contributed by atoms with van der Waals surface area (Å²) in [5, 5.41) is 3.98. The van der Waals surface area contributed by atoms with Gasteiger partial charge in [-0.15, -0.1) is 0 Å². The van der Waals surface area contributed by atoms with Crippen LogP contribution in [0.5, 0.6) is 0 Å². The first-order valence-electron chi connectivity index (χ1n) is 9.74. The highest BCUT2D eigenvalue weighted by Gasteiger charge is 2.24. The Morgan fingerprint density at radius 3 is 2.59 bits per heavy atom. The van der Waals surface area contributed by atoms with Crippen LogP contribution in [0.3, 0.4) is 0 Å². The molecule has 2 N–H and O–H groups in total. The van der Waals surface area contributed by atoms with E-state index in [1.54, 1.807) is 6.07 Å². The van der Waals surface area contributed by atoms with Crippen LogP contribution in [-0.4, -0.2) is 10.9 Å². The summed E-state index contributed by atoms with van der Waals surface area (Å²) in [6.45, 7) is 2.39. The number of H-pyrrole nitrogens is 1. The van der Waals surface area contributed by atoms with Crippen molar-refractivity contribution in [3.8, 4) is 0 Å². The van der Waals surface area contributed by atoms with Crippen LogP contribution in [0, 0.1) is 12.7 Å². The maximum Gasteiger partial charge on any atom is 0.221 e. The predicted molar refractivity (Wildman–Crippen MR) is 114 cm³/mol. The number of aromatic amines is 1. The number of para-hydroxylation sites is 1. The Morgan fingerprint density at radius 1 is 1.00 bits per heavy atom. The zero-order valence-electron chi connectivity index (χ0n) is 16.3. The highest BCUT2D eigenvalue weighted by Crippen LogP contribution is 2.35. The van der Waals surface area contributed by atoms with Crippen LogP contribution in [0.1, 0.15) is 34.6 Å². The molecule has 0 saturated heterocycles. The quantitative estimate of drug-likeness (QED) is 0.454. The number of nitrogens with one attached hydrogen (secondary N) is 2. The van der Waals surface area contributed by atoms with E-state index in [2.05, 4.69) is 10.3 Å². The molecule has 1 amide bonds. The second-order valence-corrected chi connectivity index (χ2v) is 7.33. The fourth-order valence-electron chi connectivity index (χ4n) is 3.75. The number of aryl methyl sites for hydroxylation is 1. The van der Waals surface area contributed by atoms with E-state index < -0.39 is 0 Å². The molecular formula is C25H23FN2O. The van der Waals surface area contributed by atoms with Crippen molar-refractivity contribution in [3.05, 3.63) is 107 Å². The molecule has 4 rings (SSSR count). The first-order chi connectivity index (χ1) is 14.1. The normalized spacial score (nSPS) is 12.1. The minimum atomic E-state index is -0.373. The van der Waals surface area contributed by atoms with Gasteiger partial charge in [-0.3, -0.25) is 4.79 Å². The molecule has 0 unspecified atom stereocenters. The molecule has 4 heteroatoms. The smallest absolute Gasteiger partial charge is 0.221 e. The van der Waals surface area contributed by atoms with E-state index in [4.69, 9.17) is 0 Å². The Hall–Kier alpha value is -3.40. The van der Waals surface area contributed by atoms with Crippen LogP contribution >= 0.6 is 0 Å². The lowest BCUT2D eigenvalue weighted by Gasteiger charge is -2.18. The number of carbonyl (C=O) groups is 1. The number of carbonyl (C=O) groups excluding carboxylic acids is 1. The fourth-order valence-corrected chi connectivity index (χ4v) is 3.75. The molecule has 0 saturated carbocycles. The zero-order valence-corrected chi connectivity index (χ0v) is 16.3. The molecule has 3 nitrogen and oxygen atoms in total. The summed E-state index contributed by atoms with van der Waals surface area (Å²) in [5.41, 5.74) is 4.46. The van der Waals surface area contributed by atoms with E-state index in [1.165, 1.54) is 6.07 Å². The van der Waals surface area contributed by atoms with E-state index >= 15 is 0 Å². The van der Waals surface area contributed by atoms with Crippen molar-refractivity contribution in [2.24, 2.45) is 0 Å². The van der Waals surface area contributed by atoms with Crippen molar-refractivity contribution in [1.82, 2.24) is 10.3 Å². The van der Waals surface area contributed by atoms with Crippen molar-refractivity contribution < 1.29 is 9.18 Å². The lowest BCUT2D eigenvalue weighted by molar-refractivity contribution is -0.121. The molecule has 0 bridgehead atoms. The third-order valence-electron chi connectivity index (χ3n) is 5.25. The van der Waals surface area contributed by atoms with Gasteiger partial charge >= 0.3 is 0 Å². The molecule has 0 spiro atoms. The molecule has 1 atom stereocenters. The van der Waals surface area contributed by atoms with Gasteiger partial charge in [-0.05, 0) is 35.7 Å². The number of fused-ring (bicyclic) bond motifs is 1. The van der Waals surface area contributed by atoms with E-state index in [0.717, 1.165) is 27.6 Å². The number of benzene rings is 3. The molecule has 0 aliphatic rings. The van der Waals surface area contributed by atoms with Gasteiger partial charge in [0.2, 0.25) is 5.91 Å². The third-order valence-corrected chi connectivity index (χ3v) is 5.25. The predicted octanol–water partition coefficient (Wildman–Crippen LogP) is 5.45. The first-order valence-corrected chi connectivity index (χ1v) is 9.74. The van der Waals surface area contributed by atoms with Gasteiger partial charge in [0, 0.05) is 36.0 Å². The molecule has 0 aliphatic carbocycles. The number of halogens is 1. The molecule has 0 radical (unpaired) electrons. The van der Waals surface area contributed by atoms with Crippen LogP contribution < -0.4 is 5.32 Å². The number of rotatable bonds is 6. The maximum atomic E-state index is 14.8. The molecule has 29 heavy (non-hydrogen) atoms. The lowest BCUT2D eigenvalue weighted by Crippen LogP contribution is -2.25. The summed E-state index contributed by atoms with van der Waals surface area (Å²) in [6, 6.07) is 22.7. The van der Waals surface area contributed by atoms with E-state index in [-0.39, 0.29) is 24.1 Å². The summed E-state index contributed by atoms with van der Waals surface area (Å²) < 4.78 is 14.8. The van der Waals surface area contributed by atoms with Gasteiger partial charge < -0.3 is 10.3 Å². The molecule has 146 valence electrons. The molecule has 4 aromatic rings. The van der Waals surface area contributed by atoms with E-state index in [0.29, 0.717) is 12.1 Å². The average molecular weight is 386 g/mol. The molecule has 1 aromatic heterocycles. The fraction of sp³-hybridized carbons (Fsp3) is 0.160. The maximum absolute atomic E-state index is 14.8. The van der Waals surface area contributed by atoms with Crippen molar-refractivity contribution in [2.45, 2.75) is 25.8 Å². The number of hydrogen-bond acceptors (Lipinski definition) is 1. The van der Waals surface area contributed by atoms with Crippen LogP contribution in [0.4, 0.5) is 4.39 Å². The number of aromatic nitrogens is 1. The second kappa shape index (κ2) is 8.31.